The van der Waals surface area contributed by atoms with Gasteiger partial charge in [0.25, 0.3) is 5.91 Å². The minimum absolute atomic E-state index is 0.106. The molecular weight excluding hydrogens is 388 g/mol. The monoisotopic (exact) mass is 412 g/mol. The number of ether oxygens (including phenoxy) is 1. The van der Waals surface area contributed by atoms with Crippen molar-refractivity contribution in [2.24, 2.45) is 0 Å². The summed E-state index contributed by atoms with van der Waals surface area (Å²) < 4.78 is 6.53. The lowest BCUT2D eigenvalue weighted by Gasteiger charge is -2.17. The summed E-state index contributed by atoms with van der Waals surface area (Å²) in [5.74, 6) is 0.670. The van der Waals surface area contributed by atoms with Gasteiger partial charge in [0, 0.05) is 25.3 Å². The topological polar surface area (TPSA) is 32.8 Å². The zero-order valence-corrected chi connectivity index (χ0v) is 18.1. The van der Waals surface area contributed by atoms with E-state index < -0.39 is 0 Å². The summed E-state index contributed by atoms with van der Waals surface area (Å²) in [7, 11) is 3.96. The molecule has 0 spiro atoms. The molecule has 2 aromatic rings. The molecule has 1 heterocycles. The van der Waals surface area contributed by atoms with Gasteiger partial charge in [0.15, 0.2) is 4.32 Å². The summed E-state index contributed by atoms with van der Waals surface area (Å²) in [6, 6.07) is 15.6. The Kier molecular flexibility index (Phi) is 6.42. The molecule has 0 radical (unpaired) electrons. The van der Waals surface area contributed by atoms with Gasteiger partial charge in [0.05, 0.1) is 16.7 Å². The van der Waals surface area contributed by atoms with Gasteiger partial charge >= 0.3 is 0 Å². The van der Waals surface area contributed by atoms with Gasteiger partial charge in [-0.3, -0.25) is 9.69 Å². The summed E-state index contributed by atoms with van der Waals surface area (Å²) >= 11 is 6.80. The first-order valence-electron chi connectivity index (χ1n) is 9.21. The van der Waals surface area contributed by atoms with Crippen LogP contribution in [0.4, 0.5) is 11.4 Å². The van der Waals surface area contributed by atoms with Gasteiger partial charge in [-0.15, -0.1) is 0 Å². The molecule has 6 heteroatoms. The molecule has 0 unspecified atom stereocenters. The molecule has 0 aromatic heterocycles. The quantitative estimate of drug-likeness (QED) is 0.473. The number of anilines is 2. The fourth-order valence-corrected chi connectivity index (χ4v) is 4.03. The number of hydrogen-bond donors (Lipinski definition) is 0. The molecule has 3 rings (SSSR count). The number of nitrogens with zero attached hydrogens (tertiary/aromatic N) is 2. The van der Waals surface area contributed by atoms with Crippen molar-refractivity contribution < 1.29 is 9.53 Å². The first kappa shape index (κ1) is 20.4. The van der Waals surface area contributed by atoms with Crippen molar-refractivity contribution in [2.75, 3.05) is 23.9 Å². The lowest BCUT2D eigenvalue weighted by molar-refractivity contribution is -0.113. The normalized spacial score (nSPS) is 16.6. The average molecular weight is 413 g/mol. The van der Waals surface area contributed by atoms with E-state index >= 15 is 0 Å². The van der Waals surface area contributed by atoms with Crippen LogP contribution < -0.4 is 14.5 Å². The second-order valence-electron chi connectivity index (χ2n) is 6.80. The fourth-order valence-electron chi connectivity index (χ4n) is 2.74. The molecular formula is C22H24N2O2S2. The van der Waals surface area contributed by atoms with Gasteiger partial charge in [-0.05, 0) is 49.8 Å². The van der Waals surface area contributed by atoms with Gasteiger partial charge in [-0.2, -0.15) is 0 Å². The molecule has 1 saturated heterocycles. The van der Waals surface area contributed by atoms with Crippen LogP contribution in [0, 0.1) is 0 Å². The Balaban J connectivity index is 1.88. The molecule has 1 fully saturated rings. The summed E-state index contributed by atoms with van der Waals surface area (Å²) in [5, 5.41) is 0. The Bertz CT molecular complexity index is 907. The highest BCUT2D eigenvalue weighted by Crippen LogP contribution is 2.37. The van der Waals surface area contributed by atoms with Crippen LogP contribution in [0.15, 0.2) is 53.4 Å². The molecule has 4 nitrogen and oxygen atoms in total. The number of benzene rings is 2. The molecule has 1 aliphatic rings. The third kappa shape index (κ3) is 4.39. The van der Waals surface area contributed by atoms with E-state index in [1.54, 1.807) is 4.90 Å². The van der Waals surface area contributed by atoms with Crippen molar-refractivity contribution in [1.82, 2.24) is 0 Å². The molecule has 1 amide bonds. The molecule has 1 aliphatic heterocycles. The number of thioether (sulfide) groups is 1. The largest absolute Gasteiger partial charge is 0.490 e. The van der Waals surface area contributed by atoms with E-state index in [9.17, 15) is 4.79 Å². The maximum Gasteiger partial charge on any atom is 0.270 e. The summed E-state index contributed by atoms with van der Waals surface area (Å²) in [6.45, 7) is 4.12. The van der Waals surface area contributed by atoms with E-state index in [1.807, 2.05) is 80.5 Å². The van der Waals surface area contributed by atoms with Crippen molar-refractivity contribution in [3.63, 3.8) is 0 Å². The molecule has 1 atom stereocenters. The highest BCUT2D eigenvalue weighted by Gasteiger charge is 2.33. The molecule has 0 saturated carbocycles. The minimum Gasteiger partial charge on any atom is -0.490 e. The third-order valence-corrected chi connectivity index (χ3v) is 5.83. The Morgan fingerprint density at radius 1 is 1.18 bits per heavy atom. The Morgan fingerprint density at radius 3 is 2.50 bits per heavy atom. The second-order valence-corrected chi connectivity index (χ2v) is 8.48. The highest BCUT2D eigenvalue weighted by molar-refractivity contribution is 8.27. The number of thiocarbonyl (C=S) groups is 1. The molecule has 28 heavy (non-hydrogen) atoms. The van der Waals surface area contributed by atoms with Crippen molar-refractivity contribution in [2.45, 2.75) is 26.4 Å². The number of amides is 1. The van der Waals surface area contributed by atoms with Gasteiger partial charge in [0.1, 0.15) is 5.75 Å². The summed E-state index contributed by atoms with van der Waals surface area (Å²) in [4.78, 5) is 17.2. The van der Waals surface area contributed by atoms with Crippen molar-refractivity contribution in [3.8, 4) is 5.75 Å². The number of hydrogen-bond acceptors (Lipinski definition) is 5. The zero-order chi connectivity index (χ0) is 20.3. The van der Waals surface area contributed by atoms with E-state index in [2.05, 4.69) is 6.92 Å². The lowest BCUT2D eigenvalue weighted by atomic mass is 10.1. The first-order valence-corrected chi connectivity index (χ1v) is 10.4. The Hall–Kier alpha value is -2.31. The van der Waals surface area contributed by atoms with Crippen LogP contribution in [0.3, 0.4) is 0 Å². The number of carbonyl (C=O) groups is 1. The van der Waals surface area contributed by atoms with Gasteiger partial charge in [-0.25, -0.2) is 0 Å². The number of rotatable bonds is 6. The van der Waals surface area contributed by atoms with E-state index in [4.69, 9.17) is 17.0 Å². The molecule has 0 N–H and O–H groups in total. The van der Waals surface area contributed by atoms with Crippen LogP contribution in [0.25, 0.3) is 6.08 Å². The predicted octanol–water partition coefficient (Wildman–Crippen LogP) is 5.34. The van der Waals surface area contributed by atoms with Gasteiger partial charge in [0.2, 0.25) is 0 Å². The standard InChI is InChI=1S/C22H24N2O2S2/c1-5-15(2)26-19-9-7-6-8-16(19)14-20-21(25)24(22(27)28-20)18-12-10-17(11-13-18)23(3)4/h6-15H,5H2,1-4H3/b20-14+/t15-/m0/s1. The van der Waals surface area contributed by atoms with Crippen LogP contribution in [0.2, 0.25) is 0 Å². The van der Waals surface area contributed by atoms with Crippen LogP contribution in [-0.4, -0.2) is 30.4 Å². The predicted molar refractivity (Wildman–Crippen MR) is 123 cm³/mol. The van der Waals surface area contributed by atoms with E-state index in [0.717, 1.165) is 29.1 Å². The van der Waals surface area contributed by atoms with Crippen LogP contribution in [0.1, 0.15) is 25.8 Å². The van der Waals surface area contributed by atoms with Crippen molar-refractivity contribution in [1.29, 1.82) is 0 Å². The van der Waals surface area contributed by atoms with Crippen LogP contribution in [-0.2, 0) is 4.79 Å². The maximum absolute atomic E-state index is 13.0. The highest BCUT2D eigenvalue weighted by atomic mass is 32.2. The zero-order valence-electron chi connectivity index (χ0n) is 16.5. The van der Waals surface area contributed by atoms with E-state index in [0.29, 0.717) is 9.23 Å². The SMILES string of the molecule is CC[C@H](C)Oc1ccccc1/C=C1/SC(=S)N(c2ccc(N(C)C)cc2)C1=O. The van der Waals surface area contributed by atoms with E-state index in [1.165, 1.54) is 11.8 Å². The fraction of sp³-hybridized carbons (Fsp3) is 0.273. The Morgan fingerprint density at radius 2 is 1.86 bits per heavy atom. The molecule has 2 aromatic carbocycles. The minimum atomic E-state index is -0.106. The average Bonchev–Trinajstić information content (AvgIpc) is 2.96. The smallest absolute Gasteiger partial charge is 0.270 e. The first-order chi connectivity index (χ1) is 13.4. The second kappa shape index (κ2) is 8.80. The van der Waals surface area contributed by atoms with Crippen molar-refractivity contribution in [3.05, 3.63) is 59.0 Å². The molecule has 0 bridgehead atoms. The maximum atomic E-state index is 13.0. The number of carbonyl (C=O) groups excluding carboxylic acids is 1. The number of para-hydroxylation sites is 1. The van der Waals surface area contributed by atoms with Crippen molar-refractivity contribution >= 4 is 51.7 Å². The molecule has 0 aliphatic carbocycles. The lowest BCUT2D eigenvalue weighted by Crippen LogP contribution is -2.27. The van der Waals surface area contributed by atoms with Crippen LogP contribution in [0.5, 0.6) is 5.75 Å². The van der Waals surface area contributed by atoms with Gasteiger partial charge < -0.3 is 9.64 Å². The third-order valence-electron chi connectivity index (χ3n) is 4.53. The summed E-state index contributed by atoms with van der Waals surface area (Å²) in [6.07, 6.45) is 2.89. The Labute approximate surface area is 176 Å². The van der Waals surface area contributed by atoms with E-state index in [-0.39, 0.29) is 12.0 Å². The van der Waals surface area contributed by atoms with Crippen LogP contribution >= 0.6 is 24.0 Å². The summed E-state index contributed by atoms with van der Waals surface area (Å²) in [5.41, 5.74) is 2.73. The molecule has 146 valence electrons. The van der Waals surface area contributed by atoms with Gasteiger partial charge in [-0.1, -0.05) is 49.1 Å².